The number of benzene rings is 2. The van der Waals surface area contributed by atoms with E-state index in [0.29, 0.717) is 13.1 Å². The minimum Gasteiger partial charge on any atom is -0.352 e. The Morgan fingerprint density at radius 1 is 0.929 bits per heavy atom. The van der Waals surface area contributed by atoms with Gasteiger partial charge in [-0.3, -0.25) is 0 Å². The van der Waals surface area contributed by atoms with Crippen molar-refractivity contribution in [1.29, 1.82) is 0 Å². The lowest BCUT2D eigenvalue weighted by Crippen LogP contribution is -2.60. The molecule has 3 aromatic rings. The second-order valence-corrected chi connectivity index (χ2v) is 8.99. The van der Waals surface area contributed by atoms with Crippen molar-refractivity contribution >= 4 is 15.8 Å². The highest BCUT2D eigenvalue weighted by molar-refractivity contribution is 7.88. The number of hydrogen-bond donors (Lipinski definition) is 0. The second kappa shape index (κ2) is 7.69. The Kier molecular flexibility index (Phi) is 5.11. The van der Waals surface area contributed by atoms with Gasteiger partial charge in [-0.15, -0.1) is 10.2 Å². The van der Waals surface area contributed by atoms with E-state index in [-0.39, 0.29) is 11.8 Å². The molecular formula is C21H22N4O2S. The highest BCUT2D eigenvalue weighted by Gasteiger charge is 2.36. The van der Waals surface area contributed by atoms with Crippen LogP contribution in [0.1, 0.15) is 5.56 Å². The van der Waals surface area contributed by atoms with Gasteiger partial charge in [0, 0.05) is 25.7 Å². The lowest BCUT2D eigenvalue weighted by molar-refractivity contribution is 0.309. The molecule has 144 valence electrons. The summed E-state index contributed by atoms with van der Waals surface area (Å²) in [6, 6.07) is 23.0. The van der Waals surface area contributed by atoms with Gasteiger partial charge < -0.3 is 4.90 Å². The number of nitrogens with zero attached hydrogens (tertiary/aromatic N) is 4. The second-order valence-electron chi connectivity index (χ2n) is 6.96. The molecule has 0 atom stereocenters. The molecule has 1 aliphatic heterocycles. The van der Waals surface area contributed by atoms with Gasteiger partial charge in [-0.05, 0) is 17.7 Å². The quantitative estimate of drug-likeness (QED) is 0.643. The summed E-state index contributed by atoms with van der Waals surface area (Å²) in [5.41, 5.74) is 2.65. The fraction of sp³-hybridized carbons (Fsp3) is 0.238. The van der Waals surface area contributed by atoms with Crippen molar-refractivity contribution in [2.24, 2.45) is 0 Å². The predicted octanol–water partition coefficient (Wildman–Crippen LogP) is 2.79. The lowest BCUT2D eigenvalue weighted by Gasteiger charge is -2.43. The smallest absolute Gasteiger partial charge is 0.218 e. The maximum absolute atomic E-state index is 12.7. The third-order valence-electron chi connectivity index (χ3n) is 5.05. The number of hydrogen-bond acceptors (Lipinski definition) is 5. The van der Waals surface area contributed by atoms with E-state index < -0.39 is 10.0 Å². The van der Waals surface area contributed by atoms with Gasteiger partial charge in [0.25, 0.3) is 0 Å². The molecule has 0 N–H and O–H groups in total. The Bertz CT molecular complexity index is 1020. The molecule has 6 nitrogen and oxygen atoms in total. The number of sulfonamides is 1. The summed E-state index contributed by atoms with van der Waals surface area (Å²) in [5, 5.41) is 8.61. The van der Waals surface area contributed by atoms with Gasteiger partial charge in [-0.25, -0.2) is 8.42 Å². The summed E-state index contributed by atoms with van der Waals surface area (Å²) in [6.45, 7) is 1.23. The van der Waals surface area contributed by atoms with Gasteiger partial charge in [0.1, 0.15) is 0 Å². The topological polar surface area (TPSA) is 66.4 Å². The average molecular weight is 395 g/mol. The normalized spacial score (nSPS) is 14.9. The first kappa shape index (κ1) is 18.6. The number of likely N-dealkylation sites (N-methyl/N-ethyl adjacent to an activating group) is 1. The molecule has 0 bridgehead atoms. The summed E-state index contributed by atoms with van der Waals surface area (Å²) in [6.07, 6.45) is 0. The molecule has 7 heteroatoms. The number of anilines is 1. The standard InChI is InChI=1S/C21H22N4O2S/c1-24(28(26,27)16-17-8-4-2-5-9-17)19-14-25(15-19)21-13-12-20(22-23-21)18-10-6-3-7-11-18/h2-13,19H,14-16H2,1H3. The first-order chi connectivity index (χ1) is 13.5. The van der Waals surface area contributed by atoms with Crippen LogP contribution in [-0.4, -0.2) is 49.1 Å². The van der Waals surface area contributed by atoms with Crippen LogP contribution in [0.5, 0.6) is 0 Å². The average Bonchev–Trinajstić information content (AvgIpc) is 2.68. The molecule has 4 rings (SSSR count). The summed E-state index contributed by atoms with van der Waals surface area (Å²) in [5.74, 6) is 0.789. The molecule has 1 aromatic heterocycles. The molecule has 1 fully saturated rings. The molecule has 2 heterocycles. The van der Waals surface area contributed by atoms with Crippen LogP contribution in [0.3, 0.4) is 0 Å². The predicted molar refractivity (Wildman–Crippen MR) is 110 cm³/mol. The first-order valence-corrected chi connectivity index (χ1v) is 10.8. The van der Waals surface area contributed by atoms with Crippen molar-refractivity contribution in [3.05, 3.63) is 78.4 Å². The minimum absolute atomic E-state index is 0.0203. The number of aromatic nitrogens is 2. The summed E-state index contributed by atoms with van der Waals surface area (Å²) in [7, 11) is -1.69. The highest BCUT2D eigenvalue weighted by atomic mass is 32.2. The van der Waals surface area contributed by atoms with Gasteiger partial charge in [-0.1, -0.05) is 60.7 Å². The van der Waals surface area contributed by atoms with Gasteiger partial charge in [0.2, 0.25) is 10.0 Å². The van der Waals surface area contributed by atoms with Crippen molar-refractivity contribution in [3.63, 3.8) is 0 Å². The molecule has 0 spiro atoms. The Morgan fingerprint density at radius 3 is 2.18 bits per heavy atom. The van der Waals surface area contributed by atoms with Crippen LogP contribution in [0, 0.1) is 0 Å². The lowest BCUT2D eigenvalue weighted by atomic mass is 10.1. The van der Waals surface area contributed by atoms with E-state index in [1.54, 1.807) is 7.05 Å². The molecular weight excluding hydrogens is 372 g/mol. The zero-order chi connectivity index (χ0) is 19.6. The van der Waals surface area contributed by atoms with Crippen LogP contribution >= 0.6 is 0 Å². The fourth-order valence-corrected chi connectivity index (χ4v) is 4.65. The molecule has 0 radical (unpaired) electrons. The van der Waals surface area contributed by atoms with Crippen LogP contribution in [0.25, 0.3) is 11.3 Å². The zero-order valence-electron chi connectivity index (χ0n) is 15.6. The largest absolute Gasteiger partial charge is 0.352 e. The SMILES string of the molecule is CN(C1CN(c2ccc(-c3ccccc3)nn2)C1)S(=O)(=O)Cc1ccccc1. The molecule has 1 saturated heterocycles. The van der Waals surface area contributed by atoms with Crippen molar-refractivity contribution < 1.29 is 8.42 Å². The van der Waals surface area contributed by atoms with Crippen molar-refractivity contribution in [2.45, 2.75) is 11.8 Å². The maximum atomic E-state index is 12.7. The number of rotatable bonds is 6. The van der Waals surface area contributed by atoms with E-state index in [1.165, 1.54) is 4.31 Å². The summed E-state index contributed by atoms with van der Waals surface area (Å²) >= 11 is 0. The molecule has 2 aromatic carbocycles. The molecule has 0 unspecified atom stereocenters. The van der Waals surface area contributed by atoms with Gasteiger partial charge >= 0.3 is 0 Å². The van der Waals surface area contributed by atoms with Crippen LogP contribution in [0.4, 0.5) is 5.82 Å². The molecule has 0 saturated carbocycles. The highest BCUT2D eigenvalue weighted by Crippen LogP contribution is 2.25. The van der Waals surface area contributed by atoms with Crippen LogP contribution in [0.15, 0.2) is 72.8 Å². The van der Waals surface area contributed by atoms with E-state index in [1.807, 2.05) is 77.7 Å². The summed E-state index contributed by atoms with van der Waals surface area (Å²) in [4.78, 5) is 2.04. The van der Waals surface area contributed by atoms with Crippen molar-refractivity contribution in [2.75, 3.05) is 25.0 Å². The third kappa shape index (κ3) is 3.90. The van der Waals surface area contributed by atoms with Gasteiger partial charge in [0.05, 0.1) is 17.5 Å². The van der Waals surface area contributed by atoms with Gasteiger partial charge in [-0.2, -0.15) is 4.31 Å². The summed E-state index contributed by atoms with van der Waals surface area (Å²) < 4.78 is 26.8. The van der Waals surface area contributed by atoms with Crippen LogP contribution < -0.4 is 4.90 Å². The monoisotopic (exact) mass is 394 g/mol. The minimum atomic E-state index is -3.35. The van der Waals surface area contributed by atoms with E-state index in [0.717, 1.165) is 22.6 Å². The molecule has 0 amide bonds. The Hall–Kier alpha value is -2.77. The van der Waals surface area contributed by atoms with E-state index in [2.05, 4.69) is 10.2 Å². The Balaban J connectivity index is 1.37. The van der Waals surface area contributed by atoms with E-state index in [4.69, 9.17) is 0 Å². The van der Waals surface area contributed by atoms with Crippen molar-refractivity contribution in [3.8, 4) is 11.3 Å². The van der Waals surface area contributed by atoms with Crippen molar-refractivity contribution in [1.82, 2.24) is 14.5 Å². The van der Waals surface area contributed by atoms with E-state index >= 15 is 0 Å². The van der Waals surface area contributed by atoms with E-state index in [9.17, 15) is 8.42 Å². The molecule has 28 heavy (non-hydrogen) atoms. The molecule has 0 aliphatic carbocycles. The molecule has 1 aliphatic rings. The Labute approximate surface area is 165 Å². The third-order valence-corrected chi connectivity index (χ3v) is 6.92. The van der Waals surface area contributed by atoms with Gasteiger partial charge in [0.15, 0.2) is 5.82 Å². The maximum Gasteiger partial charge on any atom is 0.218 e. The first-order valence-electron chi connectivity index (χ1n) is 9.17. The van der Waals surface area contributed by atoms with Crippen LogP contribution in [0.2, 0.25) is 0 Å². The Morgan fingerprint density at radius 2 is 1.57 bits per heavy atom. The fourth-order valence-electron chi connectivity index (χ4n) is 3.24. The van der Waals surface area contributed by atoms with Crippen LogP contribution in [-0.2, 0) is 15.8 Å². The zero-order valence-corrected chi connectivity index (χ0v) is 16.5.